The zero-order chi connectivity index (χ0) is 14.0. The SMILES string of the molecule is CCCNC(=O)NC(=O)CNC(CCC)C(=O)O. The number of aliphatic carboxylic acids is 1. The van der Waals surface area contributed by atoms with Crippen LogP contribution >= 0.6 is 0 Å². The molecule has 7 nitrogen and oxygen atoms in total. The lowest BCUT2D eigenvalue weighted by Crippen LogP contribution is -2.47. The molecule has 0 rings (SSSR count). The predicted molar refractivity (Wildman–Crippen MR) is 66.2 cm³/mol. The Bertz CT molecular complexity index is 294. The van der Waals surface area contributed by atoms with Crippen molar-refractivity contribution in [3.05, 3.63) is 0 Å². The minimum atomic E-state index is -1.000. The minimum Gasteiger partial charge on any atom is -0.480 e. The van der Waals surface area contributed by atoms with Crippen LogP contribution in [-0.4, -0.2) is 42.1 Å². The number of amides is 3. The lowest BCUT2D eigenvalue weighted by Gasteiger charge is -2.13. The molecule has 0 aliphatic heterocycles. The molecular formula is C11H21N3O4. The monoisotopic (exact) mass is 259 g/mol. The highest BCUT2D eigenvalue weighted by molar-refractivity contribution is 5.95. The van der Waals surface area contributed by atoms with E-state index in [0.717, 1.165) is 6.42 Å². The summed E-state index contributed by atoms with van der Waals surface area (Å²) in [7, 11) is 0. The summed E-state index contributed by atoms with van der Waals surface area (Å²) in [4.78, 5) is 33.2. The highest BCUT2D eigenvalue weighted by atomic mass is 16.4. The summed E-state index contributed by atoms with van der Waals surface area (Å²) in [6.45, 7) is 4.04. The normalized spacial score (nSPS) is 11.7. The van der Waals surface area contributed by atoms with E-state index in [9.17, 15) is 14.4 Å². The van der Waals surface area contributed by atoms with Gasteiger partial charge in [-0.2, -0.15) is 0 Å². The van der Waals surface area contributed by atoms with Crippen molar-refractivity contribution in [2.45, 2.75) is 39.2 Å². The van der Waals surface area contributed by atoms with Crippen molar-refractivity contribution in [2.75, 3.05) is 13.1 Å². The Kier molecular flexibility index (Phi) is 8.55. The molecule has 1 unspecified atom stereocenters. The fraction of sp³-hybridized carbons (Fsp3) is 0.727. The highest BCUT2D eigenvalue weighted by Gasteiger charge is 2.17. The van der Waals surface area contributed by atoms with Gasteiger partial charge in [0.05, 0.1) is 6.54 Å². The first-order valence-electron chi connectivity index (χ1n) is 6.05. The van der Waals surface area contributed by atoms with Crippen LogP contribution in [0.2, 0.25) is 0 Å². The molecule has 18 heavy (non-hydrogen) atoms. The Morgan fingerprint density at radius 1 is 1.17 bits per heavy atom. The summed E-state index contributed by atoms with van der Waals surface area (Å²) in [6.07, 6.45) is 1.91. The van der Waals surface area contributed by atoms with E-state index in [-0.39, 0.29) is 6.54 Å². The van der Waals surface area contributed by atoms with Gasteiger partial charge in [0, 0.05) is 6.54 Å². The maximum absolute atomic E-state index is 11.3. The molecule has 104 valence electrons. The Hall–Kier alpha value is -1.63. The number of carboxylic acid groups (broad SMARTS) is 1. The number of carbonyl (C=O) groups excluding carboxylic acids is 2. The van der Waals surface area contributed by atoms with Gasteiger partial charge in [-0.1, -0.05) is 20.3 Å². The molecule has 0 heterocycles. The standard InChI is InChI=1S/C11H21N3O4/c1-3-5-8(10(16)17)13-7-9(15)14-11(18)12-6-4-2/h8,13H,3-7H2,1-2H3,(H,16,17)(H2,12,14,15,18). The van der Waals surface area contributed by atoms with Crippen molar-refractivity contribution in [2.24, 2.45) is 0 Å². The van der Waals surface area contributed by atoms with E-state index in [2.05, 4.69) is 16.0 Å². The first-order chi connectivity index (χ1) is 8.51. The molecule has 0 aliphatic rings. The Morgan fingerprint density at radius 2 is 1.83 bits per heavy atom. The van der Waals surface area contributed by atoms with Crippen LogP contribution < -0.4 is 16.0 Å². The van der Waals surface area contributed by atoms with Gasteiger partial charge in [-0.3, -0.25) is 20.2 Å². The number of urea groups is 1. The van der Waals surface area contributed by atoms with Gasteiger partial charge in [0.15, 0.2) is 0 Å². The number of hydrogen-bond donors (Lipinski definition) is 4. The zero-order valence-electron chi connectivity index (χ0n) is 10.8. The molecule has 0 bridgehead atoms. The van der Waals surface area contributed by atoms with Crippen molar-refractivity contribution in [1.29, 1.82) is 0 Å². The van der Waals surface area contributed by atoms with E-state index in [4.69, 9.17) is 5.11 Å². The Morgan fingerprint density at radius 3 is 2.33 bits per heavy atom. The molecule has 0 spiro atoms. The van der Waals surface area contributed by atoms with Crippen LogP contribution in [-0.2, 0) is 9.59 Å². The fourth-order valence-corrected chi connectivity index (χ4v) is 1.27. The predicted octanol–water partition coefficient (Wildman–Crippen LogP) is 0.0651. The second kappa shape index (κ2) is 9.41. The van der Waals surface area contributed by atoms with Gasteiger partial charge in [0.25, 0.3) is 0 Å². The largest absolute Gasteiger partial charge is 0.480 e. The fourth-order valence-electron chi connectivity index (χ4n) is 1.27. The second-order valence-corrected chi connectivity index (χ2v) is 3.86. The van der Waals surface area contributed by atoms with Crippen molar-refractivity contribution in [3.8, 4) is 0 Å². The van der Waals surface area contributed by atoms with Gasteiger partial charge in [-0.25, -0.2) is 4.79 Å². The Labute approximate surface area is 106 Å². The maximum Gasteiger partial charge on any atom is 0.321 e. The third kappa shape index (κ3) is 7.61. The summed E-state index contributed by atoms with van der Waals surface area (Å²) in [6, 6.07) is -1.33. The van der Waals surface area contributed by atoms with Gasteiger partial charge in [0.2, 0.25) is 5.91 Å². The molecule has 0 radical (unpaired) electrons. The molecule has 0 saturated heterocycles. The van der Waals surface area contributed by atoms with Crippen LogP contribution in [0.5, 0.6) is 0 Å². The number of carbonyl (C=O) groups is 3. The summed E-state index contributed by atoms with van der Waals surface area (Å²) < 4.78 is 0. The quantitative estimate of drug-likeness (QED) is 0.493. The molecule has 3 amide bonds. The minimum absolute atomic E-state index is 0.198. The van der Waals surface area contributed by atoms with Crippen molar-refractivity contribution < 1.29 is 19.5 Å². The van der Waals surface area contributed by atoms with Crippen LogP contribution in [0.15, 0.2) is 0 Å². The van der Waals surface area contributed by atoms with Gasteiger partial charge in [-0.15, -0.1) is 0 Å². The lowest BCUT2D eigenvalue weighted by molar-refractivity contribution is -0.139. The summed E-state index contributed by atoms with van der Waals surface area (Å²) in [5.74, 6) is -1.55. The van der Waals surface area contributed by atoms with Gasteiger partial charge in [-0.05, 0) is 12.8 Å². The van der Waals surface area contributed by atoms with Crippen LogP contribution in [0.4, 0.5) is 4.79 Å². The second-order valence-electron chi connectivity index (χ2n) is 3.86. The van der Waals surface area contributed by atoms with E-state index >= 15 is 0 Å². The summed E-state index contributed by atoms with van der Waals surface area (Å²) >= 11 is 0. The van der Waals surface area contributed by atoms with Crippen molar-refractivity contribution in [1.82, 2.24) is 16.0 Å². The van der Waals surface area contributed by atoms with Gasteiger partial charge >= 0.3 is 12.0 Å². The van der Waals surface area contributed by atoms with E-state index in [0.29, 0.717) is 19.4 Å². The van der Waals surface area contributed by atoms with Crippen molar-refractivity contribution in [3.63, 3.8) is 0 Å². The number of nitrogens with one attached hydrogen (secondary N) is 3. The van der Waals surface area contributed by atoms with E-state index in [1.807, 2.05) is 13.8 Å². The molecule has 0 aromatic rings. The summed E-state index contributed by atoms with van der Waals surface area (Å²) in [5.41, 5.74) is 0. The Balaban J connectivity index is 3.93. The molecule has 0 fully saturated rings. The number of imide groups is 1. The van der Waals surface area contributed by atoms with E-state index in [1.54, 1.807) is 0 Å². The lowest BCUT2D eigenvalue weighted by atomic mass is 10.2. The molecule has 4 N–H and O–H groups in total. The summed E-state index contributed by atoms with van der Waals surface area (Å²) in [5, 5.41) is 16.0. The molecule has 0 saturated carbocycles. The molecular weight excluding hydrogens is 238 g/mol. The molecule has 0 aliphatic carbocycles. The van der Waals surface area contributed by atoms with Crippen LogP contribution in [0.25, 0.3) is 0 Å². The van der Waals surface area contributed by atoms with Gasteiger partial charge < -0.3 is 10.4 Å². The highest BCUT2D eigenvalue weighted by Crippen LogP contribution is 1.95. The topological polar surface area (TPSA) is 108 Å². The third-order valence-corrected chi connectivity index (χ3v) is 2.17. The van der Waals surface area contributed by atoms with Crippen LogP contribution in [0.1, 0.15) is 33.1 Å². The van der Waals surface area contributed by atoms with E-state index in [1.165, 1.54) is 0 Å². The number of hydrogen-bond acceptors (Lipinski definition) is 4. The molecule has 0 aromatic heterocycles. The third-order valence-electron chi connectivity index (χ3n) is 2.17. The van der Waals surface area contributed by atoms with Crippen LogP contribution in [0, 0.1) is 0 Å². The average molecular weight is 259 g/mol. The number of rotatable bonds is 8. The molecule has 7 heteroatoms. The van der Waals surface area contributed by atoms with Crippen LogP contribution in [0.3, 0.4) is 0 Å². The molecule has 0 aromatic carbocycles. The van der Waals surface area contributed by atoms with Gasteiger partial charge in [0.1, 0.15) is 6.04 Å². The average Bonchev–Trinajstić information content (AvgIpc) is 2.31. The smallest absolute Gasteiger partial charge is 0.321 e. The number of carboxylic acids is 1. The van der Waals surface area contributed by atoms with Crippen molar-refractivity contribution >= 4 is 17.9 Å². The maximum atomic E-state index is 11.3. The first-order valence-corrected chi connectivity index (χ1v) is 6.05. The first kappa shape index (κ1) is 16.4. The van der Waals surface area contributed by atoms with E-state index < -0.39 is 23.9 Å². The zero-order valence-corrected chi connectivity index (χ0v) is 10.8. The molecule has 1 atom stereocenters.